The van der Waals surface area contributed by atoms with Crippen molar-refractivity contribution in [1.82, 2.24) is 31.3 Å². The third kappa shape index (κ3) is 7.73. The van der Waals surface area contributed by atoms with Crippen LogP contribution in [0.3, 0.4) is 0 Å². The van der Waals surface area contributed by atoms with Gasteiger partial charge in [0.15, 0.2) is 5.82 Å². The highest BCUT2D eigenvalue weighted by Gasteiger charge is 2.44. The molecule has 0 bridgehead atoms. The second-order valence-electron chi connectivity index (χ2n) is 7.42. The zero-order valence-electron chi connectivity index (χ0n) is 18.1. The van der Waals surface area contributed by atoms with Gasteiger partial charge in [-0.2, -0.15) is 31.6 Å². The van der Waals surface area contributed by atoms with E-state index in [2.05, 4.69) is 31.3 Å². The number of carbonyl (C=O) groups excluding carboxylic acids is 3. The number of rotatable bonds is 11. The van der Waals surface area contributed by atoms with E-state index in [1.807, 2.05) is 0 Å². The maximum Gasteiger partial charge on any atom is 0.416 e. The van der Waals surface area contributed by atoms with E-state index in [0.717, 1.165) is 0 Å². The average Bonchev–Trinajstić information content (AvgIpc) is 3.27. The number of hydrogen-bond acceptors (Lipinski definition) is 7. The van der Waals surface area contributed by atoms with E-state index < -0.39 is 65.6 Å². The van der Waals surface area contributed by atoms with Crippen LogP contribution in [0.25, 0.3) is 0 Å². The fourth-order valence-corrected chi connectivity index (χ4v) is 3.13. The minimum absolute atomic E-state index is 0.0238. The number of hydrogen-bond donors (Lipinski definition) is 4. The number of nitrogens with one attached hydrogen (secondary N) is 3. The number of carbonyl (C=O) groups is 3. The van der Waals surface area contributed by atoms with Gasteiger partial charge in [0.25, 0.3) is 5.91 Å². The highest BCUT2D eigenvalue weighted by Crippen LogP contribution is 2.35. The van der Waals surface area contributed by atoms with E-state index in [-0.39, 0.29) is 12.2 Å². The highest BCUT2D eigenvalue weighted by atomic mass is 19.4. The van der Waals surface area contributed by atoms with Gasteiger partial charge in [-0.1, -0.05) is 30.7 Å². The Morgan fingerprint density at radius 2 is 1.69 bits per heavy atom. The van der Waals surface area contributed by atoms with Crippen molar-refractivity contribution in [2.75, 3.05) is 0 Å². The van der Waals surface area contributed by atoms with Crippen LogP contribution in [0, 0.1) is 0 Å². The lowest BCUT2D eigenvalue weighted by Crippen LogP contribution is -2.55. The molecule has 0 radical (unpaired) electrons. The lowest BCUT2D eigenvalue weighted by molar-refractivity contribution is -0.161. The van der Waals surface area contributed by atoms with Crippen molar-refractivity contribution in [3.63, 3.8) is 0 Å². The molecule has 3 atom stereocenters. The van der Waals surface area contributed by atoms with Gasteiger partial charge in [0.05, 0.1) is 17.6 Å². The molecule has 1 aromatic heterocycles. The van der Waals surface area contributed by atoms with Crippen LogP contribution in [0.15, 0.2) is 24.3 Å². The van der Waals surface area contributed by atoms with Crippen molar-refractivity contribution < 1.29 is 40.7 Å². The number of nitrogens with zero attached hydrogens (tertiary/aromatic N) is 3. The van der Waals surface area contributed by atoms with Crippen molar-refractivity contribution in [3.8, 4) is 0 Å². The Morgan fingerprint density at radius 1 is 1.06 bits per heavy atom. The first-order chi connectivity index (χ1) is 16.2. The molecule has 192 valence electrons. The van der Waals surface area contributed by atoms with Crippen molar-refractivity contribution in [2.24, 2.45) is 5.73 Å². The normalized spacial score (nSPS) is 14.7. The minimum atomic E-state index is -5.04. The summed E-state index contributed by atoms with van der Waals surface area (Å²) in [6.07, 6.45) is -10.0. The number of nitrogens with two attached hydrogens (primary N) is 1. The molecule has 0 spiro atoms. The summed E-state index contributed by atoms with van der Waals surface area (Å²) in [4.78, 5) is 36.1. The third-order valence-corrected chi connectivity index (χ3v) is 4.81. The van der Waals surface area contributed by atoms with Crippen LogP contribution in [-0.2, 0) is 27.0 Å². The molecule has 2 amide bonds. The van der Waals surface area contributed by atoms with Gasteiger partial charge in [-0.25, -0.2) is 0 Å². The van der Waals surface area contributed by atoms with Crippen LogP contribution < -0.4 is 16.4 Å². The van der Waals surface area contributed by atoms with Crippen LogP contribution in [0.2, 0.25) is 0 Å². The van der Waals surface area contributed by atoms with Crippen molar-refractivity contribution in [3.05, 3.63) is 41.2 Å². The van der Waals surface area contributed by atoms with E-state index in [1.165, 1.54) is 0 Å². The standard InChI is InChI=1S/C19H21F6N7O3/c1-2-3-11(14(33)16(26)34)28-17(35)12(8-13-29-31-32-30-13)27-15(19(23,24)25)9-4-6-10(7-5-9)18(20,21)22/h4-7,11-12,15,27H,2-3,8H2,1H3,(H2,26,34)(H,28,35)(H,29,30,31,32)/t11-,12-,15-/m0/s1. The molecule has 5 N–H and O–H groups in total. The van der Waals surface area contributed by atoms with Crippen molar-refractivity contribution in [2.45, 2.75) is 56.7 Å². The topological polar surface area (TPSA) is 156 Å². The summed E-state index contributed by atoms with van der Waals surface area (Å²) in [6, 6.07) is -3.48. The Labute approximate surface area is 194 Å². The second kappa shape index (κ2) is 11.2. The number of amides is 2. The summed E-state index contributed by atoms with van der Waals surface area (Å²) in [5.74, 6) is -3.78. The Bertz CT molecular complexity index is 1010. The maximum atomic E-state index is 13.9. The molecule has 0 unspecified atom stereocenters. The first-order valence-corrected chi connectivity index (χ1v) is 10.1. The maximum absolute atomic E-state index is 13.9. The Hall–Kier alpha value is -3.56. The van der Waals surface area contributed by atoms with Gasteiger partial charge in [-0.15, -0.1) is 10.2 Å². The molecule has 2 rings (SSSR count). The van der Waals surface area contributed by atoms with Crippen LogP contribution in [0.1, 0.15) is 42.8 Å². The summed E-state index contributed by atoms with van der Waals surface area (Å²) < 4.78 is 80.1. The number of aromatic nitrogens is 4. The number of alkyl halides is 6. The highest BCUT2D eigenvalue weighted by molar-refractivity contribution is 6.37. The van der Waals surface area contributed by atoms with E-state index in [0.29, 0.717) is 30.7 Å². The lowest BCUT2D eigenvalue weighted by atomic mass is 10.0. The number of tetrazole rings is 1. The SMILES string of the molecule is CCC[C@H](NC(=O)[C@H](Cc1nn[nH]n1)N[C@@H](c1ccc(C(F)(F)F)cc1)C(F)(F)F)C(=O)C(N)=O. The molecule has 1 aromatic carbocycles. The van der Waals surface area contributed by atoms with Crippen LogP contribution >= 0.6 is 0 Å². The van der Waals surface area contributed by atoms with Crippen LogP contribution in [0.5, 0.6) is 0 Å². The first-order valence-electron chi connectivity index (χ1n) is 10.1. The molecule has 35 heavy (non-hydrogen) atoms. The summed E-state index contributed by atoms with van der Waals surface area (Å²) >= 11 is 0. The molecule has 0 saturated carbocycles. The number of Topliss-reactive ketones (excluding diaryl/α,β-unsaturated/α-hetero) is 1. The molecule has 1 heterocycles. The van der Waals surface area contributed by atoms with E-state index in [4.69, 9.17) is 5.73 Å². The predicted octanol–water partition coefficient (Wildman–Crippen LogP) is 1.36. The number of ketones is 1. The Kier molecular flexibility index (Phi) is 8.89. The fraction of sp³-hybridized carbons (Fsp3) is 0.474. The molecule has 0 aliphatic heterocycles. The summed E-state index contributed by atoms with van der Waals surface area (Å²) in [6.45, 7) is 1.63. The Balaban J connectivity index is 2.37. The number of benzene rings is 1. The quantitative estimate of drug-likeness (QED) is 0.263. The van der Waals surface area contributed by atoms with Gasteiger partial charge in [0.2, 0.25) is 11.7 Å². The van der Waals surface area contributed by atoms with E-state index in [9.17, 15) is 40.7 Å². The van der Waals surface area contributed by atoms with Gasteiger partial charge in [0.1, 0.15) is 6.04 Å². The third-order valence-electron chi connectivity index (χ3n) is 4.81. The average molecular weight is 509 g/mol. The molecule has 16 heteroatoms. The summed E-state index contributed by atoms with van der Waals surface area (Å²) in [5.41, 5.74) is 3.21. The minimum Gasteiger partial charge on any atom is -0.363 e. The molecule has 0 fully saturated rings. The van der Waals surface area contributed by atoms with Crippen molar-refractivity contribution >= 4 is 17.6 Å². The van der Waals surface area contributed by atoms with Gasteiger partial charge in [0, 0.05) is 6.42 Å². The van der Waals surface area contributed by atoms with Gasteiger partial charge < -0.3 is 11.1 Å². The second-order valence-corrected chi connectivity index (χ2v) is 7.42. The molecule has 0 aliphatic rings. The predicted molar refractivity (Wildman–Crippen MR) is 106 cm³/mol. The van der Waals surface area contributed by atoms with Gasteiger partial charge in [-0.05, 0) is 24.1 Å². The van der Waals surface area contributed by atoms with Gasteiger partial charge >= 0.3 is 12.4 Å². The largest absolute Gasteiger partial charge is 0.416 e. The van der Waals surface area contributed by atoms with Crippen molar-refractivity contribution in [1.29, 1.82) is 0 Å². The first kappa shape index (κ1) is 27.7. The van der Waals surface area contributed by atoms with E-state index >= 15 is 0 Å². The molecule has 2 aromatic rings. The fourth-order valence-electron chi connectivity index (χ4n) is 3.13. The smallest absolute Gasteiger partial charge is 0.363 e. The number of H-pyrrole nitrogens is 1. The summed E-state index contributed by atoms with van der Waals surface area (Å²) in [5, 5.41) is 16.7. The molecule has 0 saturated heterocycles. The number of halogens is 6. The van der Waals surface area contributed by atoms with E-state index in [1.54, 1.807) is 6.92 Å². The van der Waals surface area contributed by atoms with Crippen LogP contribution in [-0.4, -0.2) is 56.5 Å². The number of aromatic amines is 1. The lowest BCUT2D eigenvalue weighted by Gasteiger charge is -2.28. The molecular weight excluding hydrogens is 488 g/mol. The molecule has 0 aliphatic carbocycles. The summed E-state index contributed by atoms with van der Waals surface area (Å²) in [7, 11) is 0. The molecule has 10 nitrogen and oxygen atoms in total. The number of primary amides is 1. The molecular formula is C19H21F6N7O3. The van der Waals surface area contributed by atoms with Gasteiger partial charge in [-0.3, -0.25) is 19.7 Å². The Morgan fingerprint density at radius 3 is 2.14 bits per heavy atom. The van der Waals surface area contributed by atoms with Crippen LogP contribution in [0.4, 0.5) is 26.3 Å². The zero-order valence-corrected chi connectivity index (χ0v) is 18.1. The monoisotopic (exact) mass is 509 g/mol. The zero-order chi connectivity index (χ0) is 26.4.